The number of carbonyl (C=O) groups is 2. The van der Waals surface area contributed by atoms with Crippen LogP contribution in [0.1, 0.15) is 17.5 Å². The van der Waals surface area contributed by atoms with Gasteiger partial charge in [-0.05, 0) is 66.4 Å². The minimum atomic E-state index is -1.40. The Kier molecular flexibility index (Phi) is 9.02. The summed E-state index contributed by atoms with van der Waals surface area (Å²) >= 11 is 0. The smallest absolute Gasteiger partial charge is 0.254 e. The second-order valence-corrected chi connectivity index (χ2v) is 8.32. The van der Waals surface area contributed by atoms with Crippen LogP contribution < -0.4 is 22.1 Å². The molecule has 7 nitrogen and oxygen atoms in total. The van der Waals surface area contributed by atoms with Crippen molar-refractivity contribution in [2.45, 2.75) is 37.5 Å². The molecule has 0 aliphatic carbocycles. The van der Waals surface area contributed by atoms with E-state index < -0.39 is 41.6 Å². The number of carbonyl (C=O) groups excluding carboxylic acids is 2. The van der Waals surface area contributed by atoms with Crippen molar-refractivity contribution in [3.63, 3.8) is 0 Å². The van der Waals surface area contributed by atoms with Crippen LogP contribution in [0, 0.1) is 11.6 Å². The third-order valence-electron chi connectivity index (χ3n) is 5.36. The first kappa shape index (κ1) is 26.0. The Morgan fingerprint density at radius 2 is 1.49 bits per heavy atom. The summed E-state index contributed by atoms with van der Waals surface area (Å²) in [5.74, 6) is -2.18. The van der Waals surface area contributed by atoms with E-state index in [0.29, 0.717) is 17.8 Å². The van der Waals surface area contributed by atoms with Crippen LogP contribution in [0.15, 0.2) is 72.8 Å². The number of aliphatic hydroxyl groups is 1. The van der Waals surface area contributed by atoms with Crippen LogP contribution in [0.2, 0.25) is 0 Å². The van der Waals surface area contributed by atoms with Gasteiger partial charge in [0.25, 0.3) is 5.91 Å². The molecular weight excluding hydrogens is 454 g/mol. The maximum atomic E-state index is 13.8. The quantitative estimate of drug-likeness (QED) is 0.303. The summed E-state index contributed by atoms with van der Waals surface area (Å²) in [4.78, 5) is 24.6. The van der Waals surface area contributed by atoms with Gasteiger partial charge in [0.15, 0.2) is 0 Å². The molecule has 0 saturated carbocycles. The van der Waals surface area contributed by atoms with Gasteiger partial charge in [-0.3, -0.25) is 9.59 Å². The minimum absolute atomic E-state index is 0.0106. The predicted molar refractivity (Wildman–Crippen MR) is 130 cm³/mol. The fraction of sp³-hybridized carbons (Fsp3) is 0.231. The Hall–Kier alpha value is -3.66. The van der Waals surface area contributed by atoms with E-state index in [1.807, 2.05) is 30.3 Å². The second kappa shape index (κ2) is 12.2. The Morgan fingerprint density at radius 3 is 2.14 bits per heavy atom. The lowest BCUT2D eigenvalue weighted by Gasteiger charge is -2.18. The topological polar surface area (TPSA) is 130 Å². The van der Waals surface area contributed by atoms with Crippen molar-refractivity contribution in [3.05, 3.63) is 95.6 Å². The van der Waals surface area contributed by atoms with Crippen molar-refractivity contribution in [2.24, 2.45) is 11.5 Å². The van der Waals surface area contributed by atoms with Gasteiger partial charge in [-0.25, -0.2) is 8.78 Å². The average molecular weight is 483 g/mol. The van der Waals surface area contributed by atoms with Crippen molar-refractivity contribution in [1.82, 2.24) is 0 Å². The standard InChI is InChI=1S/C26H28F2N4O3/c27-18-6-11-22(28)17(13-18)14-19(29)15-24(33)31-20-7-9-21(10-8-20)32-26(35)25(34)23(30)12-16-4-2-1-3-5-16/h1-11,13,19,23,25,34H,12,14-15,29-30H2,(H,31,33)(H,32,35). The molecule has 3 rings (SSSR count). The number of rotatable bonds is 10. The molecule has 0 saturated heterocycles. The number of nitrogens with two attached hydrogens (primary N) is 2. The number of aliphatic hydroxyl groups excluding tert-OH is 1. The fourth-order valence-corrected chi connectivity index (χ4v) is 3.55. The highest BCUT2D eigenvalue weighted by Gasteiger charge is 2.23. The van der Waals surface area contributed by atoms with Crippen molar-refractivity contribution >= 4 is 23.2 Å². The van der Waals surface area contributed by atoms with Crippen LogP contribution in [-0.4, -0.2) is 35.1 Å². The summed E-state index contributed by atoms with van der Waals surface area (Å²) in [6, 6.07) is 17.2. The number of hydrogen-bond acceptors (Lipinski definition) is 5. The molecule has 3 atom stereocenters. The summed E-state index contributed by atoms with van der Waals surface area (Å²) < 4.78 is 27.1. The third kappa shape index (κ3) is 7.96. The Labute approximate surface area is 202 Å². The monoisotopic (exact) mass is 482 g/mol. The van der Waals surface area contributed by atoms with E-state index in [4.69, 9.17) is 11.5 Å². The zero-order valence-corrected chi connectivity index (χ0v) is 19.0. The largest absolute Gasteiger partial charge is 0.382 e. The molecule has 7 N–H and O–H groups in total. The molecule has 3 aromatic rings. The molecule has 0 aromatic heterocycles. The van der Waals surface area contributed by atoms with Crippen molar-refractivity contribution in [1.29, 1.82) is 0 Å². The zero-order valence-electron chi connectivity index (χ0n) is 19.0. The van der Waals surface area contributed by atoms with E-state index in [1.165, 1.54) is 0 Å². The molecule has 9 heteroatoms. The lowest BCUT2D eigenvalue weighted by molar-refractivity contribution is -0.125. The molecule has 184 valence electrons. The molecule has 0 heterocycles. The first-order valence-electron chi connectivity index (χ1n) is 11.1. The molecule has 0 spiro atoms. The highest BCUT2D eigenvalue weighted by atomic mass is 19.1. The fourth-order valence-electron chi connectivity index (χ4n) is 3.55. The predicted octanol–water partition coefficient (Wildman–Crippen LogP) is 2.73. The van der Waals surface area contributed by atoms with E-state index >= 15 is 0 Å². The summed E-state index contributed by atoms with van der Waals surface area (Å²) in [6.07, 6.45) is -1.15. The highest BCUT2D eigenvalue weighted by molar-refractivity contribution is 5.95. The molecule has 3 unspecified atom stereocenters. The van der Waals surface area contributed by atoms with E-state index in [1.54, 1.807) is 24.3 Å². The van der Waals surface area contributed by atoms with E-state index in [-0.39, 0.29) is 18.4 Å². The van der Waals surface area contributed by atoms with Crippen LogP contribution in [-0.2, 0) is 22.4 Å². The highest BCUT2D eigenvalue weighted by Crippen LogP contribution is 2.16. The normalized spacial score (nSPS) is 13.5. The number of halogens is 2. The Morgan fingerprint density at radius 1 is 0.857 bits per heavy atom. The number of hydrogen-bond donors (Lipinski definition) is 5. The summed E-state index contributed by atoms with van der Waals surface area (Å²) in [6.45, 7) is 0. The molecule has 35 heavy (non-hydrogen) atoms. The van der Waals surface area contributed by atoms with Gasteiger partial charge in [-0.1, -0.05) is 30.3 Å². The van der Waals surface area contributed by atoms with Gasteiger partial charge in [-0.15, -0.1) is 0 Å². The van der Waals surface area contributed by atoms with Crippen molar-refractivity contribution < 1.29 is 23.5 Å². The molecular formula is C26H28F2N4O3. The van der Waals surface area contributed by atoms with Crippen molar-refractivity contribution in [2.75, 3.05) is 10.6 Å². The summed E-state index contributed by atoms with van der Waals surface area (Å²) in [5, 5.41) is 15.5. The van der Waals surface area contributed by atoms with Gasteiger partial charge in [0.1, 0.15) is 17.7 Å². The van der Waals surface area contributed by atoms with Gasteiger partial charge >= 0.3 is 0 Å². The SMILES string of the molecule is NC(CC(=O)Nc1ccc(NC(=O)C(O)C(N)Cc2ccccc2)cc1)Cc1cc(F)ccc1F. The van der Waals surface area contributed by atoms with Gasteiger partial charge in [-0.2, -0.15) is 0 Å². The van der Waals surface area contributed by atoms with E-state index in [0.717, 1.165) is 23.8 Å². The number of nitrogens with one attached hydrogen (secondary N) is 2. The summed E-state index contributed by atoms with van der Waals surface area (Å²) in [5.41, 5.74) is 13.8. The molecule has 0 bridgehead atoms. The van der Waals surface area contributed by atoms with Crippen molar-refractivity contribution in [3.8, 4) is 0 Å². The van der Waals surface area contributed by atoms with Crippen LogP contribution >= 0.6 is 0 Å². The third-order valence-corrected chi connectivity index (χ3v) is 5.36. The number of benzene rings is 3. The maximum absolute atomic E-state index is 13.8. The van der Waals surface area contributed by atoms with Gasteiger partial charge in [0.05, 0.1) is 0 Å². The lowest BCUT2D eigenvalue weighted by Crippen LogP contribution is -2.44. The van der Waals surface area contributed by atoms with Crippen LogP contribution in [0.25, 0.3) is 0 Å². The van der Waals surface area contributed by atoms with Crippen LogP contribution in [0.5, 0.6) is 0 Å². The van der Waals surface area contributed by atoms with Gasteiger partial charge in [0, 0.05) is 29.9 Å². The van der Waals surface area contributed by atoms with Crippen LogP contribution in [0.4, 0.5) is 20.2 Å². The zero-order chi connectivity index (χ0) is 25.4. The first-order chi connectivity index (χ1) is 16.7. The van der Waals surface area contributed by atoms with E-state index in [9.17, 15) is 23.5 Å². The van der Waals surface area contributed by atoms with Crippen LogP contribution in [0.3, 0.4) is 0 Å². The van der Waals surface area contributed by atoms with Gasteiger partial charge < -0.3 is 27.2 Å². The van der Waals surface area contributed by atoms with Gasteiger partial charge in [0.2, 0.25) is 5.91 Å². The minimum Gasteiger partial charge on any atom is -0.382 e. The molecule has 0 radical (unpaired) electrons. The lowest BCUT2D eigenvalue weighted by atomic mass is 10.0. The molecule has 3 aromatic carbocycles. The summed E-state index contributed by atoms with van der Waals surface area (Å²) in [7, 11) is 0. The maximum Gasteiger partial charge on any atom is 0.254 e. The molecule has 0 aliphatic rings. The number of amides is 2. The molecule has 2 amide bonds. The first-order valence-corrected chi connectivity index (χ1v) is 11.1. The Balaban J connectivity index is 1.47. The number of anilines is 2. The Bertz CT molecular complexity index is 1140. The molecule has 0 aliphatic heterocycles. The average Bonchev–Trinajstić information content (AvgIpc) is 2.82. The van der Waals surface area contributed by atoms with E-state index in [2.05, 4.69) is 10.6 Å². The molecule has 0 fully saturated rings. The second-order valence-electron chi connectivity index (χ2n) is 8.32.